The third-order valence-corrected chi connectivity index (χ3v) is 4.97. The average molecular weight is 312 g/mol. The summed E-state index contributed by atoms with van der Waals surface area (Å²) < 4.78 is 28.8. The molecule has 0 spiro atoms. The van der Waals surface area contributed by atoms with Crippen molar-refractivity contribution < 1.29 is 17.9 Å². The van der Waals surface area contributed by atoms with Gasteiger partial charge in [-0.2, -0.15) is 0 Å². The van der Waals surface area contributed by atoms with Gasteiger partial charge >= 0.3 is 5.97 Å². The smallest absolute Gasteiger partial charge is 0.312 e. The van der Waals surface area contributed by atoms with Gasteiger partial charge in [0.15, 0.2) is 9.84 Å². The molecule has 0 amide bonds. The Kier molecular flexibility index (Phi) is 6.40. The van der Waals surface area contributed by atoms with Crippen LogP contribution in [0.3, 0.4) is 0 Å². The summed E-state index contributed by atoms with van der Waals surface area (Å²) in [5, 5.41) is 0. The molecule has 118 valence electrons. The molecule has 0 unspecified atom stereocenters. The lowest BCUT2D eigenvalue weighted by atomic mass is 10.0. The second kappa shape index (κ2) is 7.59. The molecule has 0 heterocycles. The van der Waals surface area contributed by atoms with E-state index >= 15 is 0 Å². The fraction of sp³-hybridized carbons (Fsp3) is 0.562. The number of para-hydroxylation sites is 1. The van der Waals surface area contributed by atoms with Gasteiger partial charge in [0, 0.05) is 0 Å². The molecule has 5 heteroatoms. The van der Waals surface area contributed by atoms with Crippen molar-refractivity contribution in [2.45, 2.75) is 40.0 Å². The predicted octanol–water partition coefficient (Wildman–Crippen LogP) is 3.18. The quantitative estimate of drug-likeness (QED) is 0.573. The number of esters is 1. The Morgan fingerprint density at radius 3 is 2.33 bits per heavy atom. The van der Waals surface area contributed by atoms with Crippen molar-refractivity contribution >= 4 is 15.8 Å². The highest BCUT2D eigenvalue weighted by Gasteiger charge is 2.17. The molecule has 0 aliphatic carbocycles. The lowest BCUT2D eigenvalue weighted by Gasteiger charge is -2.12. The Balaban J connectivity index is 2.63. The first-order valence-corrected chi connectivity index (χ1v) is 9.03. The topological polar surface area (TPSA) is 60.4 Å². The van der Waals surface area contributed by atoms with Gasteiger partial charge in [0.1, 0.15) is 5.75 Å². The number of carbonyl (C=O) groups is 1. The molecular formula is C16H24O4S. The van der Waals surface area contributed by atoms with Crippen molar-refractivity contribution in [3.63, 3.8) is 0 Å². The highest BCUT2D eigenvalue weighted by molar-refractivity contribution is 7.91. The van der Waals surface area contributed by atoms with E-state index in [0.717, 1.165) is 5.56 Å². The number of hydrogen-bond donors (Lipinski definition) is 0. The van der Waals surface area contributed by atoms with Crippen LogP contribution in [0.4, 0.5) is 0 Å². The summed E-state index contributed by atoms with van der Waals surface area (Å²) in [7, 11) is -3.20. The average Bonchev–Trinajstić information content (AvgIpc) is 2.35. The van der Waals surface area contributed by atoms with Crippen LogP contribution in [-0.4, -0.2) is 25.9 Å². The van der Waals surface area contributed by atoms with Gasteiger partial charge in [-0.1, -0.05) is 45.9 Å². The number of hydrogen-bond acceptors (Lipinski definition) is 4. The molecule has 0 N–H and O–H groups in total. The van der Waals surface area contributed by atoms with Crippen LogP contribution < -0.4 is 4.74 Å². The first-order chi connectivity index (χ1) is 9.71. The minimum atomic E-state index is -3.20. The maximum Gasteiger partial charge on any atom is 0.312 e. The molecule has 4 nitrogen and oxygen atoms in total. The Morgan fingerprint density at radius 1 is 1.14 bits per heavy atom. The second-order valence-corrected chi connectivity index (χ2v) is 8.15. The summed E-state index contributed by atoms with van der Waals surface area (Å²) in [6.07, 6.45) is -0.110. The van der Waals surface area contributed by atoms with Gasteiger partial charge in [0.2, 0.25) is 0 Å². The normalized spacial score (nSPS) is 11.9. The monoisotopic (exact) mass is 312 g/mol. The molecule has 1 aromatic rings. The molecule has 0 aromatic heterocycles. The molecule has 21 heavy (non-hydrogen) atoms. The van der Waals surface area contributed by atoms with E-state index in [1.165, 1.54) is 0 Å². The zero-order valence-electron chi connectivity index (χ0n) is 13.1. The van der Waals surface area contributed by atoms with E-state index in [0.29, 0.717) is 5.75 Å². The molecule has 0 saturated carbocycles. The van der Waals surface area contributed by atoms with Gasteiger partial charge in [0.05, 0.1) is 17.9 Å². The van der Waals surface area contributed by atoms with Crippen molar-refractivity contribution in [3.05, 3.63) is 29.8 Å². The molecule has 0 radical (unpaired) electrons. The zero-order valence-corrected chi connectivity index (χ0v) is 13.9. The molecule has 0 bridgehead atoms. The fourth-order valence-electron chi connectivity index (χ4n) is 2.05. The number of carbonyl (C=O) groups excluding carboxylic acids is 1. The van der Waals surface area contributed by atoms with Crippen LogP contribution in [0.5, 0.6) is 5.75 Å². The van der Waals surface area contributed by atoms with E-state index in [4.69, 9.17) is 4.74 Å². The zero-order chi connectivity index (χ0) is 16.0. The fourth-order valence-corrected chi connectivity index (χ4v) is 3.71. The largest absolute Gasteiger partial charge is 0.426 e. The van der Waals surface area contributed by atoms with E-state index in [1.54, 1.807) is 12.1 Å². The van der Waals surface area contributed by atoms with Crippen molar-refractivity contribution in [2.75, 3.05) is 11.5 Å². The lowest BCUT2D eigenvalue weighted by molar-refractivity contribution is -0.134. The van der Waals surface area contributed by atoms with Crippen LogP contribution in [0.2, 0.25) is 0 Å². The number of ether oxygens (including phenoxy) is 1. The second-order valence-electron chi connectivity index (χ2n) is 5.92. The van der Waals surface area contributed by atoms with Gasteiger partial charge in [-0.25, -0.2) is 8.42 Å². The molecule has 0 aliphatic rings. The Bertz CT molecular complexity index is 574. The van der Waals surface area contributed by atoms with E-state index in [1.807, 2.05) is 39.8 Å². The maximum atomic E-state index is 11.8. The Hall–Kier alpha value is -1.36. The van der Waals surface area contributed by atoms with Crippen LogP contribution in [0, 0.1) is 5.92 Å². The van der Waals surface area contributed by atoms with Crippen molar-refractivity contribution in [2.24, 2.45) is 5.92 Å². The highest BCUT2D eigenvalue weighted by Crippen LogP contribution is 2.26. The lowest BCUT2D eigenvalue weighted by Crippen LogP contribution is -2.20. The number of rotatable bonds is 7. The Labute approximate surface area is 127 Å². The molecular weight excluding hydrogens is 288 g/mol. The number of benzene rings is 1. The first kappa shape index (κ1) is 17.7. The van der Waals surface area contributed by atoms with E-state index in [9.17, 15) is 13.2 Å². The van der Waals surface area contributed by atoms with Gasteiger partial charge in [-0.15, -0.1) is 0 Å². The van der Waals surface area contributed by atoms with Gasteiger partial charge in [0.25, 0.3) is 0 Å². The van der Waals surface area contributed by atoms with Crippen molar-refractivity contribution in [1.29, 1.82) is 0 Å². The molecule has 0 aliphatic heterocycles. The molecule has 1 rings (SSSR count). The van der Waals surface area contributed by atoms with Crippen molar-refractivity contribution in [1.82, 2.24) is 0 Å². The van der Waals surface area contributed by atoms with E-state index < -0.39 is 15.8 Å². The van der Waals surface area contributed by atoms with Crippen LogP contribution in [0.15, 0.2) is 24.3 Å². The maximum absolute atomic E-state index is 11.8. The molecule has 0 atom stereocenters. The predicted molar refractivity (Wildman–Crippen MR) is 84.3 cm³/mol. The summed E-state index contributed by atoms with van der Waals surface area (Å²) in [4.78, 5) is 11.8. The van der Waals surface area contributed by atoms with Gasteiger partial charge < -0.3 is 4.74 Å². The van der Waals surface area contributed by atoms with E-state index in [2.05, 4.69) is 0 Å². The summed E-state index contributed by atoms with van der Waals surface area (Å²) in [6, 6.07) is 7.32. The summed E-state index contributed by atoms with van der Waals surface area (Å²) in [5.41, 5.74) is 0.941. The third kappa shape index (κ3) is 6.29. The minimum Gasteiger partial charge on any atom is -0.426 e. The first-order valence-electron chi connectivity index (χ1n) is 7.21. The standard InChI is InChI=1S/C16H24O4S/c1-12(2)11-21(18,19)10-9-16(17)20-15-8-6-5-7-14(15)13(3)4/h5-8,12-13H,9-11H2,1-4H3. The van der Waals surface area contributed by atoms with Gasteiger partial charge in [-0.3, -0.25) is 4.79 Å². The summed E-state index contributed by atoms with van der Waals surface area (Å²) in [6.45, 7) is 7.71. The molecule has 0 fully saturated rings. The summed E-state index contributed by atoms with van der Waals surface area (Å²) in [5.74, 6) is 0.247. The third-order valence-electron chi connectivity index (χ3n) is 2.97. The van der Waals surface area contributed by atoms with Crippen LogP contribution in [0.1, 0.15) is 45.6 Å². The Morgan fingerprint density at radius 2 is 1.76 bits per heavy atom. The highest BCUT2D eigenvalue weighted by atomic mass is 32.2. The number of sulfone groups is 1. The van der Waals surface area contributed by atoms with Gasteiger partial charge in [-0.05, 0) is 23.5 Å². The van der Waals surface area contributed by atoms with Crippen LogP contribution in [0.25, 0.3) is 0 Å². The van der Waals surface area contributed by atoms with E-state index in [-0.39, 0.29) is 29.8 Å². The minimum absolute atomic E-state index is 0.0627. The molecule has 0 saturated heterocycles. The van der Waals surface area contributed by atoms with Crippen LogP contribution >= 0.6 is 0 Å². The summed E-state index contributed by atoms with van der Waals surface area (Å²) >= 11 is 0. The van der Waals surface area contributed by atoms with Crippen molar-refractivity contribution in [3.8, 4) is 5.75 Å². The SMILES string of the molecule is CC(C)CS(=O)(=O)CCC(=O)Oc1ccccc1C(C)C. The molecule has 1 aromatic carbocycles. The van der Waals surface area contributed by atoms with Crippen LogP contribution in [-0.2, 0) is 14.6 Å².